The van der Waals surface area contributed by atoms with Gasteiger partial charge in [-0.3, -0.25) is 4.98 Å². The lowest BCUT2D eigenvalue weighted by Gasteiger charge is -2.10. The Hall–Kier alpha value is -2.57. The molecule has 0 atom stereocenters. The summed E-state index contributed by atoms with van der Waals surface area (Å²) in [6.45, 7) is 2.12. The molecule has 1 N–H and O–H groups in total. The molecule has 22 heavy (non-hydrogen) atoms. The largest absolute Gasteiger partial charge is 0.451 e. The minimum Gasteiger partial charge on any atom is -0.325 e. The molecule has 0 saturated carbocycles. The molecule has 2 aromatic heterocycles. The van der Waals surface area contributed by atoms with Crippen LogP contribution in [0.3, 0.4) is 0 Å². The number of halogens is 3. The zero-order chi connectivity index (χ0) is 16.0. The Bertz CT molecular complexity index is 656. The van der Waals surface area contributed by atoms with Crippen molar-refractivity contribution < 1.29 is 13.2 Å². The van der Waals surface area contributed by atoms with E-state index in [0.717, 1.165) is 16.4 Å². The summed E-state index contributed by atoms with van der Waals surface area (Å²) < 4.78 is 37.1. The number of hydrogen-bond donors (Lipinski definition) is 1. The topological polar surface area (TPSA) is 42.7 Å². The van der Waals surface area contributed by atoms with Crippen molar-refractivity contribution in [3.63, 3.8) is 0 Å². The first-order chi connectivity index (χ1) is 10.5. The molecule has 7 heteroatoms. The van der Waals surface area contributed by atoms with E-state index in [0.29, 0.717) is 6.54 Å². The average Bonchev–Trinajstić information content (AvgIpc) is 2.97. The number of para-hydroxylation sites is 1. The molecule has 3 aromatic rings. The summed E-state index contributed by atoms with van der Waals surface area (Å²) in [7, 11) is 0. The van der Waals surface area contributed by atoms with Crippen molar-refractivity contribution >= 4 is 10.9 Å². The molecular formula is C15H15F3N4. The maximum atomic E-state index is 12.1. The fraction of sp³-hybridized carbons (Fsp3) is 0.200. The van der Waals surface area contributed by atoms with Crippen LogP contribution in [0.1, 0.15) is 12.7 Å². The number of pyridine rings is 1. The molecule has 0 fully saturated rings. The van der Waals surface area contributed by atoms with Crippen LogP contribution in [0.2, 0.25) is 0 Å². The van der Waals surface area contributed by atoms with Gasteiger partial charge in [-0.1, -0.05) is 24.3 Å². The van der Waals surface area contributed by atoms with Gasteiger partial charge < -0.3 is 5.43 Å². The van der Waals surface area contributed by atoms with Crippen LogP contribution in [0.25, 0.3) is 10.9 Å². The Morgan fingerprint density at radius 2 is 1.77 bits per heavy atom. The van der Waals surface area contributed by atoms with Gasteiger partial charge in [0.1, 0.15) is 0 Å². The molecule has 0 amide bonds. The van der Waals surface area contributed by atoms with Gasteiger partial charge in [-0.25, -0.2) is 9.66 Å². The van der Waals surface area contributed by atoms with Crippen LogP contribution in [0, 0.1) is 0 Å². The van der Waals surface area contributed by atoms with E-state index in [-0.39, 0.29) is 0 Å². The molecule has 0 aliphatic rings. The van der Waals surface area contributed by atoms with Crippen molar-refractivity contribution in [2.45, 2.75) is 13.1 Å². The number of aromatic nitrogens is 3. The summed E-state index contributed by atoms with van der Waals surface area (Å²) in [5, 5.41) is 1.20. The molecule has 2 heterocycles. The van der Waals surface area contributed by atoms with Crippen LogP contribution in [0.4, 0.5) is 13.2 Å². The quantitative estimate of drug-likeness (QED) is 0.785. The van der Waals surface area contributed by atoms with Gasteiger partial charge in [0, 0.05) is 30.5 Å². The zero-order valence-electron chi connectivity index (χ0n) is 11.9. The highest BCUT2D eigenvalue weighted by molar-refractivity contribution is 5.77. The van der Waals surface area contributed by atoms with Gasteiger partial charge in [-0.2, -0.15) is 13.2 Å². The van der Waals surface area contributed by atoms with Gasteiger partial charge in [0.15, 0.2) is 0 Å². The van der Waals surface area contributed by atoms with E-state index in [9.17, 15) is 13.2 Å². The van der Waals surface area contributed by atoms with Crippen molar-refractivity contribution in [2.24, 2.45) is 0 Å². The minimum atomic E-state index is -4.40. The lowest BCUT2D eigenvalue weighted by Crippen LogP contribution is -2.22. The van der Waals surface area contributed by atoms with Gasteiger partial charge in [0.05, 0.1) is 5.52 Å². The fourth-order valence-corrected chi connectivity index (χ4v) is 1.83. The second-order valence-corrected chi connectivity index (χ2v) is 4.33. The summed E-state index contributed by atoms with van der Waals surface area (Å²) in [5.41, 5.74) is 3.56. The van der Waals surface area contributed by atoms with Gasteiger partial charge in [0.25, 0.3) is 0 Å². The van der Waals surface area contributed by atoms with Gasteiger partial charge in [0.2, 0.25) is 5.82 Å². The third kappa shape index (κ3) is 3.97. The Morgan fingerprint density at radius 3 is 2.45 bits per heavy atom. The molecule has 0 radical (unpaired) electrons. The monoisotopic (exact) mass is 308 g/mol. The van der Waals surface area contributed by atoms with E-state index >= 15 is 0 Å². The summed E-state index contributed by atoms with van der Waals surface area (Å²) in [6, 6.07) is 12.1. The van der Waals surface area contributed by atoms with Crippen molar-refractivity contribution in [1.82, 2.24) is 14.6 Å². The molecular weight excluding hydrogens is 293 g/mol. The second-order valence-electron chi connectivity index (χ2n) is 4.33. The molecule has 0 bridgehead atoms. The van der Waals surface area contributed by atoms with E-state index in [2.05, 4.69) is 27.5 Å². The third-order valence-electron chi connectivity index (χ3n) is 2.73. The Morgan fingerprint density at radius 1 is 1.05 bits per heavy atom. The minimum absolute atomic E-state index is 0.416. The Kier molecular flexibility index (Phi) is 4.98. The molecule has 3 rings (SSSR count). The molecule has 0 spiro atoms. The van der Waals surface area contributed by atoms with Crippen molar-refractivity contribution in [2.75, 3.05) is 12.0 Å². The first kappa shape index (κ1) is 15.8. The lowest BCUT2D eigenvalue weighted by molar-refractivity contribution is -0.146. The van der Waals surface area contributed by atoms with E-state index in [1.54, 1.807) is 6.92 Å². The molecule has 0 unspecified atom stereocenters. The summed E-state index contributed by atoms with van der Waals surface area (Å²) >= 11 is 0. The van der Waals surface area contributed by atoms with Crippen LogP contribution < -0.4 is 5.43 Å². The predicted octanol–water partition coefficient (Wildman–Crippen LogP) is 3.70. The number of alkyl halides is 3. The fourth-order valence-electron chi connectivity index (χ4n) is 1.83. The van der Waals surface area contributed by atoms with Crippen LogP contribution in [0.5, 0.6) is 0 Å². The predicted molar refractivity (Wildman–Crippen MR) is 78.9 cm³/mol. The number of imidazole rings is 1. The number of benzene rings is 1. The summed E-state index contributed by atoms with van der Waals surface area (Å²) in [5.74, 6) is -0.927. The first-order valence-electron chi connectivity index (χ1n) is 6.66. The lowest BCUT2D eigenvalue weighted by atomic mass is 10.2. The van der Waals surface area contributed by atoms with Crippen molar-refractivity contribution in [3.8, 4) is 0 Å². The van der Waals surface area contributed by atoms with E-state index in [1.165, 1.54) is 11.6 Å². The maximum absolute atomic E-state index is 12.1. The van der Waals surface area contributed by atoms with Gasteiger partial charge >= 0.3 is 6.18 Å². The SMILES string of the molecule is CCNn1ccnc1C(F)(F)F.c1ccc2ncccc2c1. The Labute approximate surface area is 125 Å². The van der Waals surface area contributed by atoms with E-state index in [4.69, 9.17) is 0 Å². The molecule has 1 aromatic carbocycles. The average molecular weight is 308 g/mol. The zero-order valence-corrected chi connectivity index (χ0v) is 11.9. The molecule has 4 nitrogen and oxygen atoms in total. The number of hydrogen-bond acceptors (Lipinski definition) is 3. The maximum Gasteiger partial charge on any atom is 0.451 e. The number of rotatable bonds is 2. The van der Waals surface area contributed by atoms with Gasteiger partial charge in [-0.05, 0) is 19.1 Å². The van der Waals surface area contributed by atoms with Gasteiger partial charge in [-0.15, -0.1) is 0 Å². The Balaban J connectivity index is 0.000000162. The second kappa shape index (κ2) is 6.93. The van der Waals surface area contributed by atoms with Crippen molar-refractivity contribution in [3.05, 3.63) is 60.8 Å². The normalized spacial score (nSPS) is 10.9. The van der Waals surface area contributed by atoms with E-state index in [1.807, 2.05) is 30.5 Å². The van der Waals surface area contributed by atoms with E-state index < -0.39 is 12.0 Å². The molecule has 0 aliphatic heterocycles. The first-order valence-corrected chi connectivity index (χ1v) is 6.66. The highest BCUT2D eigenvalue weighted by Crippen LogP contribution is 2.26. The molecule has 116 valence electrons. The summed E-state index contributed by atoms with van der Waals surface area (Å²) in [4.78, 5) is 7.36. The third-order valence-corrected chi connectivity index (χ3v) is 2.73. The summed E-state index contributed by atoms with van der Waals surface area (Å²) in [6.07, 6.45) is -0.258. The smallest absolute Gasteiger partial charge is 0.325 e. The number of nitrogens with zero attached hydrogens (tertiary/aromatic N) is 3. The highest BCUT2D eigenvalue weighted by Gasteiger charge is 2.36. The number of fused-ring (bicyclic) bond motifs is 1. The van der Waals surface area contributed by atoms with Crippen LogP contribution in [0.15, 0.2) is 55.0 Å². The van der Waals surface area contributed by atoms with Crippen LogP contribution in [-0.2, 0) is 6.18 Å². The highest BCUT2D eigenvalue weighted by atomic mass is 19.4. The van der Waals surface area contributed by atoms with Crippen LogP contribution in [-0.4, -0.2) is 21.2 Å². The van der Waals surface area contributed by atoms with Crippen LogP contribution >= 0.6 is 0 Å². The number of nitrogens with one attached hydrogen (secondary N) is 1. The van der Waals surface area contributed by atoms with Crippen molar-refractivity contribution in [1.29, 1.82) is 0 Å². The standard InChI is InChI=1S/C9H7N.C6H8F3N3/c1-2-6-9-8(4-1)5-3-7-10-9;1-2-11-12-4-3-10-5(12)6(7,8)9/h1-7H;3-4,11H,2H2,1H3. The molecule has 0 aliphatic carbocycles. The molecule has 0 saturated heterocycles.